The Morgan fingerprint density at radius 1 is 0.900 bits per heavy atom. The molecule has 2 N–H and O–H groups in total. The molecule has 2 aromatic carbocycles. The second-order valence-electron chi connectivity index (χ2n) is 7.71. The highest BCUT2D eigenvalue weighted by Gasteiger charge is 2.29. The molecular weight excluding hydrogens is 378 g/mol. The zero-order valence-corrected chi connectivity index (χ0v) is 17.3. The molecule has 0 radical (unpaired) electrons. The molecule has 0 aromatic heterocycles. The van der Waals surface area contributed by atoms with Gasteiger partial charge in [-0.3, -0.25) is 14.4 Å². The second-order valence-corrected chi connectivity index (χ2v) is 7.71. The van der Waals surface area contributed by atoms with Crippen LogP contribution in [0, 0.1) is 0 Å². The Bertz CT molecular complexity index is 849. The number of nitrogens with one attached hydrogen (secondary N) is 2. The fraction of sp³-hybridized carbons (Fsp3) is 0.375. The van der Waals surface area contributed by atoms with Gasteiger partial charge in [-0.1, -0.05) is 60.7 Å². The van der Waals surface area contributed by atoms with Gasteiger partial charge in [0.2, 0.25) is 17.7 Å². The minimum atomic E-state index is -0.619. The van der Waals surface area contributed by atoms with Crippen molar-refractivity contribution in [2.45, 2.75) is 44.7 Å². The molecule has 1 aliphatic heterocycles. The number of hydrogen-bond acceptors (Lipinski definition) is 3. The lowest BCUT2D eigenvalue weighted by atomic mass is 10.0. The van der Waals surface area contributed by atoms with Gasteiger partial charge in [0.1, 0.15) is 6.04 Å². The summed E-state index contributed by atoms with van der Waals surface area (Å²) in [5.74, 6) is -0.503. The van der Waals surface area contributed by atoms with Gasteiger partial charge in [0.25, 0.3) is 0 Å². The lowest BCUT2D eigenvalue weighted by Crippen LogP contribution is -2.49. The number of nitrogens with zero attached hydrogens (tertiary/aromatic N) is 1. The van der Waals surface area contributed by atoms with Gasteiger partial charge in [0, 0.05) is 26.4 Å². The molecule has 2 aromatic rings. The van der Waals surface area contributed by atoms with E-state index >= 15 is 0 Å². The zero-order valence-electron chi connectivity index (χ0n) is 17.3. The monoisotopic (exact) mass is 407 g/mol. The molecular formula is C24H29N3O3. The topological polar surface area (TPSA) is 78.5 Å². The maximum absolute atomic E-state index is 13.1. The predicted octanol–water partition coefficient (Wildman–Crippen LogP) is 2.60. The predicted molar refractivity (Wildman–Crippen MR) is 116 cm³/mol. The van der Waals surface area contributed by atoms with E-state index in [4.69, 9.17) is 0 Å². The van der Waals surface area contributed by atoms with Crippen molar-refractivity contribution in [1.82, 2.24) is 15.5 Å². The standard InChI is InChI=1S/C24H29N3O3/c1-18(28)25-21(20-12-6-3-7-13-20)17-23(29)26-22(16-19-10-4-2-5-11-19)24(30)27-14-8-9-15-27/h2-7,10-13,21-22H,8-9,14-17H2,1H3,(H,25,28)(H,26,29). The number of likely N-dealkylation sites (tertiary alicyclic amines) is 1. The number of carbonyl (C=O) groups excluding carboxylic acids is 3. The summed E-state index contributed by atoms with van der Waals surface area (Å²) < 4.78 is 0. The van der Waals surface area contributed by atoms with Gasteiger partial charge in [-0.2, -0.15) is 0 Å². The maximum Gasteiger partial charge on any atom is 0.245 e. The number of carbonyl (C=O) groups is 3. The zero-order chi connectivity index (χ0) is 21.3. The van der Waals surface area contributed by atoms with E-state index in [-0.39, 0.29) is 24.1 Å². The van der Waals surface area contributed by atoms with Gasteiger partial charge in [0.15, 0.2) is 0 Å². The van der Waals surface area contributed by atoms with E-state index in [2.05, 4.69) is 10.6 Å². The van der Waals surface area contributed by atoms with Crippen molar-refractivity contribution < 1.29 is 14.4 Å². The van der Waals surface area contributed by atoms with Crippen LogP contribution in [0.25, 0.3) is 0 Å². The fourth-order valence-electron chi connectivity index (χ4n) is 3.83. The average Bonchev–Trinajstić information content (AvgIpc) is 3.28. The van der Waals surface area contributed by atoms with Gasteiger partial charge in [-0.25, -0.2) is 0 Å². The molecule has 6 nitrogen and oxygen atoms in total. The summed E-state index contributed by atoms with van der Waals surface area (Å²) in [5, 5.41) is 5.77. The minimum absolute atomic E-state index is 0.0412. The molecule has 0 bridgehead atoms. The summed E-state index contributed by atoms with van der Waals surface area (Å²) in [5.41, 5.74) is 1.85. The molecule has 1 heterocycles. The van der Waals surface area contributed by atoms with E-state index < -0.39 is 12.1 Å². The lowest BCUT2D eigenvalue weighted by Gasteiger charge is -2.25. The van der Waals surface area contributed by atoms with Crippen molar-refractivity contribution in [2.24, 2.45) is 0 Å². The normalized spacial score (nSPS) is 15.3. The molecule has 3 rings (SSSR count). The average molecular weight is 408 g/mol. The van der Waals surface area contributed by atoms with Crippen LogP contribution in [0.5, 0.6) is 0 Å². The van der Waals surface area contributed by atoms with E-state index in [0.29, 0.717) is 6.42 Å². The van der Waals surface area contributed by atoms with E-state index in [0.717, 1.165) is 37.1 Å². The first kappa shape index (κ1) is 21.6. The Morgan fingerprint density at radius 2 is 1.50 bits per heavy atom. The SMILES string of the molecule is CC(=O)NC(CC(=O)NC(Cc1ccccc1)C(=O)N1CCCC1)c1ccccc1. The van der Waals surface area contributed by atoms with Crippen molar-refractivity contribution in [3.05, 3.63) is 71.8 Å². The van der Waals surface area contributed by atoms with Crippen LogP contribution in [0.2, 0.25) is 0 Å². The summed E-state index contributed by atoms with van der Waals surface area (Å²) in [6, 6.07) is 18.0. The van der Waals surface area contributed by atoms with Crippen molar-refractivity contribution in [3.8, 4) is 0 Å². The molecule has 2 atom stereocenters. The van der Waals surface area contributed by atoms with Gasteiger partial charge in [-0.15, -0.1) is 0 Å². The lowest BCUT2D eigenvalue weighted by molar-refractivity contribution is -0.135. The molecule has 30 heavy (non-hydrogen) atoms. The van der Waals surface area contributed by atoms with Crippen molar-refractivity contribution in [3.63, 3.8) is 0 Å². The van der Waals surface area contributed by atoms with Gasteiger partial charge in [-0.05, 0) is 24.0 Å². The highest BCUT2D eigenvalue weighted by atomic mass is 16.2. The molecule has 1 aliphatic rings. The van der Waals surface area contributed by atoms with Crippen LogP contribution in [-0.4, -0.2) is 41.8 Å². The second kappa shape index (κ2) is 10.6. The van der Waals surface area contributed by atoms with E-state index in [9.17, 15) is 14.4 Å². The van der Waals surface area contributed by atoms with Crippen LogP contribution >= 0.6 is 0 Å². The Hall–Kier alpha value is -3.15. The number of rotatable bonds is 8. The molecule has 0 aliphatic carbocycles. The third-order valence-electron chi connectivity index (χ3n) is 5.30. The third-order valence-corrected chi connectivity index (χ3v) is 5.30. The summed E-state index contributed by atoms with van der Waals surface area (Å²) in [7, 11) is 0. The van der Waals surface area contributed by atoms with Gasteiger partial charge in [0.05, 0.1) is 12.5 Å². The van der Waals surface area contributed by atoms with E-state index in [1.807, 2.05) is 65.6 Å². The molecule has 6 heteroatoms. The van der Waals surface area contributed by atoms with Crippen LogP contribution in [0.15, 0.2) is 60.7 Å². The molecule has 0 spiro atoms. The summed E-state index contributed by atoms with van der Waals surface area (Å²) >= 11 is 0. The van der Waals surface area contributed by atoms with Crippen LogP contribution in [0.1, 0.15) is 43.4 Å². The molecule has 0 saturated carbocycles. The number of benzene rings is 2. The number of hydrogen-bond donors (Lipinski definition) is 2. The Morgan fingerprint density at radius 3 is 2.10 bits per heavy atom. The molecule has 3 amide bonds. The maximum atomic E-state index is 13.1. The van der Waals surface area contributed by atoms with Gasteiger partial charge >= 0.3 is 0 Å². The molecule has 2 unspecified atom stereocenters. The minimum Gasteiger partial charge on any atom is -0.349 e. The third kappa shape index (κ3) is 6.17. The summed E-state index contributed by atoms with van der Waals surface area (Å²) in [6.07, 6.45) is 2.51. The highest BCUT2D eigenvalue weighted by molar-refractivity contribution is 5.88. The Labute approximate surface area is 177 Å². The fourth-order valence-corrected chi connectivity index (χ4v) is 3.83. The van der Waals surface area contributed by atoms with Crippen molar-refractivity contribution in [2.75, 3.05) is 13.1 Å². The van der Waals surface area contributed by atoms with Crippen molar-refractivity contribution >= 4 is 17.7 Å². The first-order valence-corrected chi connectivity index (χ1v) is 10.5. The Balaban J connectivity index is 1.72. The smallest absolute Gasteiger partial charge is 0.245 e. The molecule has 1 saturated heterocycles. The van der Waals surface area contributed by atoms with E-state index in [1.54, 1.807) is 0 Å². The van der Waals surface area contributed by atoms with Crippen molar-refractivity contribution in [1.29, 1.82) is 0 Å². The van der Waals surface area contributed by atoms with Crippen LogP contribution in [-0.2, 0) is 20.8 Å². The summed E-state index contributed by atoms with van der Waals surface area (Å²) in [4.78, 5) is 39.4. The van der Waals surface area contributed by atoms with Crippen LogP contribution in [0.4, 0.5) is 0 Å². The summed E-state index contributed by atoms with van der Waals surface area (Å²) in [6.45, 7) is 2.90. The number of amides is 3. The largest absolute Gasteiger partial charge is 0.349 e. The molecule has 1 fully saturated rings. The highest BCUT2D eigenvalue weighted by Crippen LogP contribution is 2.17. The van der Waals surface area contributed by atoms with Crippen LogP contribution < -0.4 is 10.6 Å². The first-order valence-electron chi connectivity index (χ1n) is 10.5. The quantitative estimate of drug-likeness (QED) is 0.706. The van der Waals surface area contributed by atoms with Crippen LogP contribution in [0.3, 0.4) is 0 Å². The first-order chi connectivity index (χ1) is 14.5. The van der Waals surface area contributed by atoms with E-state index in [1.165, 1.54) is 6.92 Å². The van der Waals surface area contributed by atoms with Gasteiger partial charge < -0.3 is 15.5 Å². The Kier molecular flexibility index (Phi) is 7.60. The molecule has 158 valence electrons.